The Kier molecular flexibility index (Phi) is 6.69. The Labute approximate surface area is 156 Å². The molecule has 5 nitrogen and oxygen atoms in total. The third-order valence-electron chi connectivity index (χ3n) is 4.95. The molecular weight excluding hydrogens is 326 g/mol. The highest BCUT2D eigenvalue weighted by molar-refractivity contribution is 5.64. The zero-order valence-corrected chi connectivity index (χ0v) is 16.3. The summed E-state index contributed by atoms with van der Waals surface area (Å²) in [5.41, 5.74) is 3.64. The van der Waals surface area contributed by atoms with Crippen molar-refractivity contribution in [3.8, 4) is 17.0 Å². The summed E-state index contributed by atoms with van der Waals surface area (Å²) in [5.74, 6) is 0.935. The van der Waals surface area contributed by atoms with E-state index in [9.17, 15) is 0 Å². The lowest BCUT2D eigenvalue weighted by Gasteiger charge is -2.23. The second-order valence-corrected chi connectivity index (χ2v) is 7.19. The predicted octanol–water partition coefficient (Wildman–Crippen LogP) is 3.88. The Morgan fingerprint density at radius 1 is 1.23 bits per heavy atom. The molecule has 0 unspecified atom stereocenters. The molecule has 0 N–H and O–H groups in total. The number of hydrogen-bond acceptors (Lipinski definition) is 4. The van der Waals surface area contributed by atoms with Gasteiger partial charge in [0.25, 0.3) is 0 Å². The first kappa shape index (κ1) is 18.9. The molecule has 26 heavy (non-hydrogen) atoms. The third kappa shape index (κ3) is 4.86. The molecule has 1 saturated heterocycles. The highest BCUT2D eigenvalue weighted by atomic mass is 16.5. The molecule has 1 aliphatic heterocycles. The summed E-state index contributed by atoms with van der Waals surface area (Å²) < 4.78 is 13.5. The van der Waals surface area contributed by atoms with Gasteiger partial charge in [-0.15, -0.1) is 0 Å². The lowest BCUT2D eigenvalue weighted by atomic mass is 10.1. The van der Waals surface area contributed by atoms with Crippen LogP contribution in [0.15, 0.2) is 30.5 Å². The van der Waals surface area contributed by atoms with E-state index in [0.717, 1.165) is 44.9 Å². The Morgan fingerprint density at radius 2 is 1.96 bits per heavy atom. The van der Waals surface area contributed by atoms with Crippen LogP contribution in [0.5, 0.6) is 5.75 Å². The van der Waals surface area contributed by atoms with Gasteiger partial charge in [-0.25, -0.2) is 0 Å². The number of ether oxygens (including phenoxy) is 2. The van der Waals surface area contributed by atoms with E-state index in [0.29, 0.717) is 0 Å². The van der Waals surface area contributed by atoms with Crippen molar-refractivity contribution in [2.24, 2.45) is 7.05 Å². The van der Waals surface area contributed by atoms with E-state index >= 15 is 0 Å². The molecule has 1 fully saturated rings. The van der Waals surface area contributed by atoms with Gasteiger partial charge in [-0.05, 0) is 44.3 Å². The molecule has 0 atom stereocenters. The van der Waals surface area contributed by atoms with Crippen molar-refractivity contribution in [3.63, 3.8) is 0 Å². The van der Waals surface area contributed by atoms with Crippen LogP contribution in [-0.2, 0) is 18.3 Å². The molecule has 0 amide bonds. The molecule has 142 valence electrons. The van der Waals surface area contributed by atoms with E-state index in [1.807, 2.05) is 17.9 Å². The lowest BCUT2D eigenvalue weighted by Crippen LogP contribution is -2.25. The maximum absolute atomic E-state index is 6.09. The zero-order valence-electron chi connectivity index (χ0n) is 16.3. The minimum atomic E-state index is 0.272. The maximum atomic E-state index is 6.09. The topological polar surface area (TPSA) is 39.5 Å². The molecule has 2 aromatic rings. The molecule has 0 aliphatic carbocycles. The predicted molar refractivity (Wildman–Crippen MR) is 104 cm³/mol. The Morgan fingerprint density at radius 3 is 2.65 bits per heavy atom. The summed E-state index contributed by atoms with van der Waals surface area (Å²) >= 11 is 0. The molecule has 0 saturated carbocycles. The molecule has 1 aromatic heterocycles. The van der Waals surface area contributed by atoms with Crippen LogP contribution in [0.2, 0.25) is 0 Å². The molecular formula is C21H31N3O2. The fraction of sp³-hybridized carbons (Fsp3) is 0.571. The van der Waals surface area contributed by atoms with Crippen molar-refractivity contribution in [2.75, 3.05) is 26.8 Å². The molecule has 2 heterocycles. The van der Waals surface area contributed by atoms with Crippen molar-refractivity contribution in [1.29, 1.82) is 0 Å². The van der Waals surface area contributed by atoms with Gasteiger partial charge in [-0.3, -0.25) is 4.68 Å². The van der Waals surface area contributed by atoms with Gasteiger partial charge >= 0.3 is 0 Å². The number of aromatic nitrogens is 2. The van der Waals surface area contributed by atoms with Gasteiger partial charge in [0, 0.05) is 37.6 Å². The van der Waals surface area contributed by atoms with Crippen LogP contribution in [0.1, 0.15) is 38.2 Å². The summed E-state index contributed by atoms with van der Waals surface area (Å²) in [7, 11) is 4.19. The van der Waals surface area contributed by atoms with Crippen LogP contribution < -0.4 is 4.74 Å². The van der Waals surface area contributed by atoms with Gasteiger partial charge in [0.2, 0.25) is 0 Å². The summed E-state index contributed by atoms with van der Waals surface area (Å²) in [6.45, 7) is 5.86. The van der Waals surface area contributed by atoms with Crippen LogP contribution in [0.25, 0.3) is 11.3 Å². The fourth-order valence-electron chi connectivity index (χ4n) is 3.45. The number of aryl methyl sites for hydroxylation is 1. The molecule has 0 bridgehead atoms. The van der Waals surface area contributed by atoms with Crippen molar-refractivity contribution in [3.05, 3.63) is 36.0 Å². The minimum absolute atomic E-state index is 0.272. The number of unbranched alkanes of at least 4 members (excludes halogenated alkanes) is 1. The molecule has 1 aromatic carbocycles. The fourth-order valence-corrected chi connectivity index (χ4v) is 3.45. The van der Waals surface area contributed by atoms with Crippen molar-refractivity contribution < 1.29 is 9.47 Å². The average Bonchev–Trinajstić information content (AvgIpc) is 3.02. The molecule has 0 spiro atoms. The van der Waals surface area contributed by atoms with Crippen LogP contribution in [0, 0.1) is 0 Å². The summed E-state index contributed by atoms with van der Waals surface area (Å²) in [6, 6.07) is 8.42. The molecule has 5 heteroatoms. The molecule has 1 aliphatic rings. The molecule has 0 radical (unpaired) electrons. The summed E-state index contributed by atoms with van der Waals surface area (Å²) in [6.07, 6.45) is 6.65. The van der Waals surface area contributed by atoms with Crippen LogP contribution in [0.3, 0.4) is 0 Å². The largest absolute Gasteiger partial charge is 0.490 e. The van der Waals surface area contributed by atoms with Gasteiger partial charge in [0.05, 0.1) is 25.1 Å². The van der Waals surface area contributed by atoms with Crippen LogP contribution in [0.4, 0.5) is 0 Å². The van der Waals surface area contributed by atoms with E-state index in [2.05, 4.69) is 48.2 Å². The van der Waals surface area contributed by atoms with E-state index in [1.165, 1.54) is 29.7 Å². The van der Waals surface area contributed by atoms with Gasteiger partial charge in [-0.2, -0.15) is 5.10 Å². The Bertz CT molecular complexity index is 675. The number of benzene rings is 1. The third-order valence-corrected chi connectivity index (χ3v) is 4.95. The quantitative estimate of drug-likeness (QED) is 0.719. The first-order valence-electron chi connectivity index (χ1n) is 9.71. The minimum Gasteiger partial charge on any atom is -0.490 e. The second-order valence-electron chi connectivity index (χ2n) is 7.19. The summed E-state index contributed by atoms with van der Waals surface area (Å²) in [4.78, 5) is 2.37. The lowest BCUT2D eigenvalue weighted by molar-refractivity contribution is 0.0256. The van der Waals surface area contributed by atoms with Gasteiger partial charge < -0.3 is 14.4 Å². The summed E-state index contributed by atoms with van der Waals surface area (Å²) in [5, 5.41) is 4.49. The Balaban J connectivity index is 1.69. The first-order chi connectivity index (χ1) is 12.7. The average molecular weight is 357 g/mol. The standard InChI is InChI=1S/C21H31N3O2/c1-4-5-12-23(2)16-18-15-22-24(3)21(18)17-6-8-19(9-7-17)26-20-10-13-25-14-11-20/h6-9,15,20H,4-5,10-14,16H2,1-3H3. The van der Waals surface area contributed by atoms with Gasteiger partial charge in [0.1, 0.15) is 11.9 Å². The second kappa shape index (κ2) is 9.19. The van der Waals surface area contributed by atoms with Crippen LogP contribution >= 0.6 is 0 Å². The number of rotatable bonds is 8. The smallest absolute Gasteiger partial charge is 0.119 e. The molecule has 3 rings (SSSR count). The van der Waals surface area contributed by atoms with Crippen LogP contribution in [-0.4, -0.2) is 47.6 Å². The van der Waals surface area contributed by atoms with E-state index < -0.39 is 0 Å². The zero-order chi connectivity index (χ0) is 18.4. The van der Waals surface area contributed by atoms with Crippen molar-refractivity contribution >= 4 is 0 Å². The van der Waals surface area contributed by atoms with Gasteiger partial charge in [-0.1, -0.05) is 13.3 Å². The highest BCUT2D eigenvalue weighted by Crippen LogP contribution is 2.27. The monoisotopic (exact) mass is 357 g/mol. The normalized spacial score (nSPS) is 15.5. The van der Waals surface area contributed by atoms with E-state index in [-0.39, 0.29) is 6.10 Å². The maximum Gasteiger partial charge on any atom is 0.119 e. The SMILES string of the molecule is CCCCN(C)Cc1cnn(C)c1-c1ccc(OC2CCOCC2)cc1. The highest BCUT2D eigenvalue weighted by Gasteiger charge is 2.16. The van der Waals surface area contributed by atoms with E-state index in [1.54, 1.807) is 0 Å². The van der Waals surface area contributed by atoms with Crippen molar-refractivity contribution in [1.82, 2.24) is 14.7 Å². The van der Waals surface area contributed by atoms with Gasteiger partial charge in [0.15, 0.2) is 0 Å². The first-order valence-corrected chi connectivity index (χ1v) is 9.71. The van der Waals surface area contributed by atoms with Crippen molar-refractivity contribution in [2.45, 2.75) is 45.3 Å². The van der Waals surface area contributed by atoms with E-state index in [4.69, 9.17) is 9.47 Å². The Hall–Kier alpha value is -1.85. The number of nitrogens with zero attached hydrogens (tertiary/aromatic N) is 3. The number of hydrogen-bond donors (Lipinski definition) is 0.